The fourth-order valence-electron chi connectivity index (χ4n) is 7.96. The second kappa shape index (κ2) is 24.4. The lowest BCUT2D eigenvalue weighted by atomic mass is 9.80. The molecule has 0 bridgehead atoms. The van der Waals surface area contributed by atoms with Gasteiger partial charge in [0.1, 0.15) is 29.7 Å². The summed E-state index contributed by atoms with van der Waals surface area (Å²) in [4.78, 5) is 17.3. The van der Waals surface area contributed by atoms with Gasteiger partial charge in [-0.15, -0.1) is 0 Å². The molecule has 0 spiro atoms. The first-order valence-electron chi connectivity index (χ1n) is 21.5. The summed E-state index contributed by atoms with van der Waals surface area (Å²) in [6.07, 6.45) is -0.862. The van der Waals surface area contributed by atoms with Crippen molar-refractivity contribution in [2.75, 3.05) is 53.8 Å². The molecule has 6 atom stereocenters. The highest BCUT2D eigenvalue weighted by molar-refractivity contribution is 7.44. The Hall–Kier alpha value is -4.41. The minimum absolute atomic E-state index is 0.104. The van der Waals surface area contributed by atoms with Crippen LogP contribution >= 0.6 is 8.53 Å². The van der Waals surface area contributed by atoms with Gasteiger partial charge in [-0.05, 0) is 87.2 Å². The molecule has 13 heteroatoms. The van der Waals surface area contributed by atoms with Crippen LogP contribution in [0.2, 0.25) is 0 Å². The molecule has 5 rings (SSSR count). The van der Waals surface area contributed by atoms with E-state index < -0.39 is 32.6 Å². The number of nitrogens with zero attached hydrogens (tertiary/aromatic N) is 2. The van der Waals surface area contributed by atoms with Crippen LogP contribution in [-0.4, -0.2) is 101 Å². The number of amides is 1. The number of hydrogen-bond acceptors (Lipinski definition) is 10. The van der Waals surface area contributed by atoms with E-state index in [4.69, 9.17) is 44.0 Å². The molecule has 1 amide bonds. The van der Waals surface area contributed by atoms with Crippen LogP contribution in [0.5, 0.6) is 11.5 Å². The molecule has 1 N–H and O–H groups in total. The number of hydrogen-bond donors (Lipinski definition) is 1. The lowest BCUT2D eigenvalue weighted by Crippen LogP contribution is -2.62. The van der Waals surface area contributed by atoms with Gasteiger partial charge in [-0.2, -0.15) is 0 Å². The Kier molecular flexibility index (Phi) is 19.2. The summed E-state index contributed by atoms with van der Waals surface area (Å²) in [5.41, 5.74) is 2.20. The van der Waals surface area contributed by atoms with E-state index in [2.05, 4.69) is 68.5 Å². The largest absolute Gasteiger partial charge is 0.497 e. The van der Waals surface area contributed by atoms with Crippen LogP contribution in [0.4, 0.5) is 0 Å². The number of nitrogens with one attached hydrogen (secondary N) is 1. The van der Waals surface area contributed by atoms with Crippen LogP contribution in [-0.2, 0) is 33.6 Å². The third-order valence-corrected chi connectivity index (χ3v) is 13.0. The first-order chi connectivity index (χ1) is 30.1. The average Bonchev–Trinajstić information content (AvgIpc) is 3.29. The molecule has 1 aliphatic rings. The summed E-state index contributed by atoms with van der Waals surface area (Å²) in [6.45, 7) is 21.1. The molecule has 1 aliphatic heterocycles. The Morgan fingerprint density at radius 2 is 1.29 bits per heavy atom. The summed E-state index contributed by atoms with van der Waals surface area (Å²) in [5.74, 6) is 1.09. The van der Waals surface area contributed by atoms with E-state index in [0.717, 1.165) is 28.2 Å². The number of benzene rings is 4. The van der Waals surface area contributed by atoms with Gasteiger partial charge in [0.05, 0.1) is 52.9 Å². The first kappa shape index (κ1) is 48.6. The highest BCUT2D eigenvalue weighted by Gasteiger charge is 2.46. The number of rotatable bonds is 24. The van der Waals surface area contributed by atoms with E-state index in [1.54, 1.807) is 26.4 Å². The zero-order chi connectivity index (χ0) is 44.5. The fourth-order valence-corrected chi connectivity index (χ4v) is 9.52. The molecule has 6 unspecified atom stereocenters. The molecular weight excluding hydrogens is 806 g/mol. The van der Waals surface area contributed by atoms with Crippen LogP contribution in [0.1, 0.15) is 75.0 Å². The summed E-state index contributed by atoms with van der Waals surface area (Å²) in [6, 6.07) is 34.6. The first-order valence-corrected chi connectivity index (χ1v) is 22.6. The van der Waals surface area contributed by atoms with Gasteiger partial charge < -0.3 is 47.6 Å². The van der Waals surface area contributed by atoms with Gasteiger partial charge in [-0.1, -0.05) is 86.6 Å². The van der Waals surface area contributed by atoms with E-state index in [-0.39, 0.29) is 69.6 Å². The number of carbonyl (C=O) groups excluding carboxylic acids is 1. The normalized spacial score (nSPS) is 19.6. The number of carbonyl (C=O) groups is 1. The smallest absolute Gasteiger partial charge is 0.259 e. The molecule has 12 nitrogen and oxygen atoms in total. The van der Waals surface area contributed by atoms with Crippen LogP contribution < -0.4 is 14.8 Å². The molecule has 0 aromatic heterocycles. The number of methoxy groups -OCH3 is 2. The Balaban J connectivity index is 1.40. The lowest BCUT2D eigenvalue weighted by molar-refractivity contribution is -0.259. The van der Waals surface area contributed by atoms with E-state index >= 15 is 0 Å². The van der Waals surface area contributed by atoms with E-state index in [1.807, 2.05) is 84.9 Å². The molecule has 4 aromatic rings. The highest BCUT2D eigenvalue weighted by Crippen LogP contribution is 2.46. The van der Waals surface area contributed by atoms with Crippen molar-refractivity contribution in [1.29, 1.82) is 0 Å². The minimum atomic E-state index is -1.44. The Labute approximate surface area is 369 Å². The predicted octanol–water partition coefficient (Wildman–Crippen LogP) is 9.28. The summed E-state index contributed by atoms with van der Waals surface area (Å²) in [7, 11) is 1.85. The zero-order valence-corrected chi connectivity index (χ0v) is 38.3. The van der Waals surface area contributed by atoms with Gasteiger partial charge in [-0.25, -0.2) is 11.2 Å². The molecule has 0 saturated carbocycles. The van der Waals surface area contributed by atoms with Crippen LogP contribution in [0.3, 0.4) is 0 Å². The maximum atomic E-state index is 13.8. The van der Waals surface area contributed by atoms with Crippen molar-refractivity contribution in [2.24, 2.45) is 5.92 Å². The molecular formula is C49H64N3O9P. The molecule has 0 radical (unpaired) electrons. The molecule has 62 heavy (non-hydrogen) atoms. The van der Waals surface area contributed by atoms with E-state index in [1.165, 1.54) is 0 Å². The summed E-state index contributed by atoms with van der Waals surface area (Å²) < 4.78 is 52.8. The van der Waals surface area contributed by atoms with Gasteiger partial charge in [0.2, 0.25) is 6.54 Å². The molecule has 4 aromatic carbocycles. The minimum Gasteiger partial charge on any atom is -0.497 e. The second-order valence-corrected chi connectivity index (χ2v) is 17.0. The van der Waals surface area contributed by atoms with Gasteiger partial charge in [0, 0.05) is 23.6 Å². The van der Waals surface area contributed by atoms with Crippen molar-refractivity contribution in [3.63, 3.8) is 0 Å². The predicted molar refractivity (Wildman–Crippen MR) is 242 cm³/mol. The SMILES string of the molecule is [C-]#[N+]CCOP(OCCOC1C(C)C(CC)OC(OCCOC(c2ccccc2)(c2ccc(OC)cc2)c2ccc(OC)cc2)C1NC(=O)c1ccccc1)N(C(C)C)C(C)C. The maximum Gasteiger partial charge on any atom is 0.259 e. The van der Waals surface area contributed by atoms with Gasteiger partial charge >= 0.3 is 0 Å². The van der Waals surface area contributed by atoms with Crippen LogP contribution in [0.25, 0.3) is 4.85 Å². The molecule has 0 aliphatic carbocycles. The van der Waals surface area contributed by atoms with Crippen molar-refractivity contribution in [1.82, 2.24) is 9.99 Å². The topological polar surface area (TPSA) is 111 Å². The lowest BCUT2D eigenvalue weighted by Gasteiger charge is -2.45. The molecule has 1 fully saturated rings. The quantitative estimate of drug-likeness (QED) is 0.0317. The fraction of sp³-hybridized carbons (Fsp3) is 0.469. The second-order valence-electron chi connectivity index (χ2n) is 15.6. The maximum absolute atomic E-state index is 13.8. The third kappa shape index (κ3) is 12.4. The summed E-state index contributed by atoms with van der Waals surface area (Å²) >= 11 is 0. The van der Waals surface area contributed by atoms with Crippen molar-refractivity contribution >= 4 is 14.4 Å². The van der Waals surface area contributed by atoms with E-state index in [9.17, 15) is 4.79 Å². The molecule has 334 valence electrons. The zero-order valence-electron chi connectivity index (χ0n) is 37.4. The molecule has 1 heterocycles. The van der Waals surface area contributed by atoms with Crippen molar-refractivity contribution in [2.45, 2.75) is 90.2 Å². The Morgan fingerprint density at radius 3 is 1.82 bits per heavy atom. The number of ether oxygens (including phenoxy) is 6. The monoisotopic (exact) mass is 869 g/mol. The van der Waals surface area contributed by atoms with Crippen molar-refractivity contribution < 1.29 is 42.3 Å². The van der Waals surface area contributed by atoms with Crippen molar-refractivity contribution in [3.05, 3.63) is 143 Å². The summed E-state index contributed by atoms with van der Waals surface area (Å²) in [5, 5.41) is 3.22. The Morgan fingerprint density at radius 1 is 0.758 bits per heavy atom. The molecule has 1 saturated heterocycles. The van der Waals surface area contributed by atoms with Gasteiger partial charge in [0.15, 0.2) is 6.29 Å². The van der Waals surface area contributed by atoms with Gasteiger partial charge in [0.25, 0.3) is 14.4 Å². The van der Waals surface area contributed by atoms with Gasteiger partial charge in [-0.3, -0.25) is 4.79 Å². The van der Waals surface area contributed by atoms with Crippen molar-refractivity contribution in [3.8, 4) is 11.5 Å². The standard InChI is InChI=1S/C49H64N3O9P/c1-10-44-37(6)46(56-32-34-60-62(59-30-29-50-7)52(35(2)3)36(4)5)45(51-47(53)38-17-13-11-14-18-38)48(61-44)57-31-33-58-49(39-19-15-12-16-20-39,40-21-25-42(54-8)26-22-40)41-23-27-43(55-9)28-24-41/h11-28,35-37,44-46,48H,10,29-34H2,1-6,8-9H3,(H,51,53). The Bertz CT molecular complexity index is 1890. The third-order valence-electron chi connectivity index (χ3n) is 10.9. The van der Waals surface area contributed by atoms with E-state index in [0.29, 0.717) is 12.0 Å². The van der Waals surface area contributed by atoms with Crippen LogP contribution in [0, 0.1) is 12.5 Å². The average molecular weight is 870 g/mol. The van der Waals surface area contributed by atoms with Crippen LogP contribution in [0.15, 0.2) is 109 Å². The highest BCUT2D eigenvalue weighted by atomic mass is 31.2.